The van der Waals surface area contributed by atoms with Gasteiger partial charge in [-0.3, -0.25) is 9.59 Å². The van der Waals surface area contributed by atoms with Gasteiger partial charge in [0.25, 0.3) is 5.97 Å². The molecule has 3 fully saturated rings. The molecule has 0 amide bonds. The van der Waals surface area contributed by atoms with Crippen LogP contribution in [0, 0.1) is 23.2 Å². The van der Waals surface area contributed by atoms with Crippen molar-refractivity contribution in [1.82, 2.24) is 4.90 Å². The highest BCUT2D eigenvalue weighted by molar-refractivity contribution is 5.96. The van der Waals surface area contributed by atoms with Crippen molar-refractivity contribution in [2.75, 3.05) is 20.7 Å². The Hall–Kier alpha value is -2.08. The fourth-order valence-electron chi connectivity index (χ4n) is 5.83. The third kappa shape index (κ3) is 2.21. The molecule has 2 heterocycles. The maximum Gasteiger partial charge on any atom is 0.300 e. The van der Waals surface area contributed by atoms with Crippen molar-refractivity contribution in [2.24, 2.45) is 23.2 Å². The molecule has 26 heavy (non-hydrogen) atoms. The summed E-state index contributed by atoms with van der Waals surface area (Å²) in [6.45, 7) is 2.13. The van der Waals surface area contributed by atoms with Gasteiger partial charge in [-0.1, -0.05) is 12.2 Å². The van der Waals surface area contributed by atoms with Gasteiger partial charge in [-0.2, -0.15) is 0 Å². The molecular weight excluding hydrogens is 334 g/mol. The predicted molar refractivity (Wildman–Crippen MR) is 94.1 cm³/mol. The molecule has 0 radical (unpaired) electrons. The lowest BCUT2D eigenvalue weighted by Crippen LogP contribution is -2.64. The van der Waals surface area contributed by atoms with E-state index in [9.17, 15) is 4.79 Å². The van der Waals surface area contributed by atoms with Gasteiger partial charge in [0.05, 0.1) is 7.11 Å². The first kappa shape index (κ1) is 17.3. The molecule has 5 aliphatic rings. The first-order valence-corrected chi connectivity index (χ1v) is 9.15. The predicted octanol–water partition coefficient (Wildman–Crippen LogP) is 1.99. The van der Waals surface area contributed by atoms with Crippen LogP contribution in [0.5, 0.6) is 0 Å². The summed E-state index contributed by atoms with van der Waals surface area (Å²) in [5, 5.41) is 7.42. The maximum atomic E-state index is 12.6. The van der Waals surface area contributed by atoms with E-state index in [4.69, 9.17) is 19.4 Å². The van der Waals surface area contributed by atoms with E-state index in [0.717, 1.165) is 37.8 Å². The van der Waals surface area contributed by atoms with Gasteiger partial charge in [0.2, 0.25) is 0 Å². The number of ether oxygens (including phenoxy) is 2. The number of carbonyl (C=O) groups excluding carboxylic acids is 1. The average Bonchev–Trinajstić information content (AvgIpc) is 2.94. The van der Waals surface area contributed by atoms with Gasteiger partial charge in [0.1, 0.15) is 5.76 Å². The highest BCUT2D eigenvalue weighted by Gasteiger charge is 2.69. The molecule has 140 valence electrons. The summed E-state index contributed by atoms with van der Waals surface area (Å²) in [7, 11) is 3.91. The minimum Gasteiger partial charge on any atom is -0.493 e. The van der Waals surface area contributed by atoms with Gasteiger partial charge in [-0.05, 0) is 44.5 Å². The van der Waals surface area contributed by atoms with Crippen molar-refractivity contribution in [2.45, 2.75) is 31.9 Å². The summed E-state index contributed by atoms with van der Waals surface area (Å²) in [6, 6.07) is 0.513. The molecular formula is C20H25NO5. The van der Waals surface area contributed by atoms with E-state index >= 15 is 0 Å². The van der Waals surface area contributed by atoms with Crippen LogP contribution in [0.2, 0.25) is 0 Å². The third-order valence-corrected chi connectivity index (χ3v) is 6.72. The van der Waals surface area contributed by atoms with Crippen molar-refractivity contribution in [3.63, 3.8) is 0 Å². The van der Waals surface area contributed by atoms with Crippen LogP contribution in [0.15, 0.2) is 35.8 Å². The molecule has 2 bridgehead atoms. The van der Waals surface area contributed by atoms with E-state index in [-0.39, 0.29) is 17.3 Å². The molecule has 0 aromatic rings. The van der Waals surface area contributed by atoms with Gasteiger partial charge in [-0.25, -0.2) is 0 Å². The highest BCUT2D eigenvalue weighted by Crippen LogP contribution is 2.66. The summed E-state index contributed by atoms with van der Waals surface area (Å²) in [5.74, 6) is 2.23. The van der Waals surface area contributed by atoms with Gasteiger partial charge in [0, 0.05) is 30.2 Å². The zero-order valence-corrected chi connectivity index (χ0v) is 15.3. The summed E-state index contributed by atoms with van der Waals surface area (Å²) >= 11 is 0. The van der Waals surface area contributed by atoms with E-state index in [1.807, 2.05) is 6.08 Å². The summed E-state index contributed by atoms with van der Waals surface area (Å²) in [5.41, 5.74) is -0.0597. The number of carboxylic acid groups (broad SMARTS) is 1. The van der Waals surface area contributed by atoms with Crippen LogP contribution in [0.4, 0.5) is 0 Å². The van der Waals surface area contributed by atoms with E-state index < -0.39 is 5.97 Å². The van der Waals surface area contributed by atoms with Crippen LogP contribution in [0.3, 0.4) is 0 Å². The number of nitrogens with zero attached hydrogens (tertiary/aromatic N) is 1. The molecule has 6 atom stereocenters. The van der Waals surface area contributed by atoms with Crippen molar-refractivity contribution in [3.05, 3.63) is 35.8 Å². The zero-order valence-electron chi connectivity index (χ0n) is 15.3. The molecule has 6 nitrogen and oxygen atoms in total. The second kappa shape index (κ2) is 5.98. The third-order valence-electron chi connectivity index (χ3n) is 6.72. The number of likely N-dealkylation sites (tertiary alicyclic amines) is 1. The molecule has 0 aromatic heterocycles. The fraction of sp³-hybridized carbons (Fsp3) is 0.600. The van der Waals surface area contributed by atoms with Crippen molar-refractivity contribution >= 4 is 11.8 Å². The first-order valence-electron chi connectivity index (χ1n) is 9.15. The molecule has 3 aliphatic carbocycles. The number of piperidine rings is 1. The number of carbonyl (C=O) groups is 2. The molecule has 2 aliphatic heterocycles. The number of carboxylic acids is 1. The molecule has 1 spiro atoms. The topological polar surface area (TPSA) is 76.1 Å². The number of hydrogen-bond donors (Lipinski definition) is 1. The van der Waals surface area contributed by atoms with Crippen molar-refractivity contribution in [1.29, 1.82) is 0 Å². The fourth-order valence-corrected chi connectivity index (χ4v) is 5.83. The highest BCUT2D eigenvalue weighted by atomic mass is 16.5. The van der Waals surface area contributed by atoms with Crippen LogP contribution < -0.4 is 0 Å². The Labute approximate surface area is 153 Å². The lowest BCUT2D eigenvalue weighted by atomic mass is 9.48. The Bertz CT molecular complexity index is 734. The second-order valence-corrected chi connectivity index (χ2v) is 7.88. The van der Waals surface area contributed by atoms with Crippen LogP contribution in [0.1, 0.15) is 19.8 Å². The Morgan fingerprint density at radius 3 is 2.81 bits per heavy atom. The largest absolute Gasteiger partial charge is 0.493 e. The van der Waals surface area contributed by atoms with Crippen LogP contribution in [0.25, 0.3) is 0 Å². The summed E-state index contributed by atoms with van der Waals surface area (Å²) in [6.07, 6.45) is 10.1. The number of aliphatic carboxylic acids is 1. The van der Waals surface area contributed by atoms with Gasteiger partial charge < -0.3 is 19.5 Å². The number of hydrogen-bond acceptors (Lipinski definition) is 5. The molecule has 2 unspecified atom stereocenters. The van der Waals surface area contributed by atoms with Gasteiger partial charge >= 0.3 is 0 Å². The molecule has 1 saturated carbocycles. The van der Waals surface area contributed by atoms with Crippen LogP contribution >= 0.6 is 0 Å². The average molecular weight is 359 g/mol. The molecule has 2 saturated heterocycles. The van der Waals surface area contributed by atoms with Gasteiger partial charge in [0.15, 0.2) is 17.6 Å². The van der Waals surface area contributed by atoms with E-state index in [1.54, 1.807) is 13.2 Å². The van der Waals surface area contributed by atoms with Gasteiger partial charge in [-0.15, -0.1) is 0 Å². The summed E-state index contributed by atoms with van der Waals surface area (Å²) in [4.78, 5) is 24.0. The Kier molecular flexibility index (Phi) is 3.99. The maximum absolute atomic E-state index is 12.6. The first-order chi connectivity index (χ1) is 12.4. The van der Waals surface area contributed by atoms with E-state index in [0.29, 0.717) is 23.8 Å². The second-order valence-electron chi connectivity index (χ2n) is 7.88. The Balaban J connectivity index is 0.000000385. The molecule has 5 rings (SSSR count). The number of allylic oxidation sites excluding steroid dienone is 3. The smallest absolute Gasteiger partial charge is 0.300 e. The summed E-state index contributed by atoms with van der Waals surface area (Å²) < 4.78 is 11.8. The number of ketones is 1. The van der Waals surface area contributed by atoms with Crippen LogP contribution in [-0.4, -0.2) is 54.6 Å². The quantitative estimate of drug-likeness (QED) is 0.772. The molecule has 1 N–H and O–H groups in total. The SMILES string of the molecule is CC(=O)O.COC1=C2O[C@H]3C(=O)C=C[C@H]4[C@H]5CC(C=C1)C2[C@@]34CCN5C. The van der Waals surface area contributed by atoms with Crippen LogP contribution in [-0.2, 0) is 19.1 Å². The van der Waals surface area contributed by atoms with E-state index in [2.05, 4.69) is 24.1 Å². The van der Waals surface area contributed by atoms with Crippen molar-refractivity contribution in [3.8, 4) is 0 Å². The number of rotatable bonds is 1. The minimum atomic E-state index is -0.833. The Morgan fingerprint density at radius 2 is 2.12 bits per heavy atom. The van der Waals surface area contributed by atoms with Crippen molar-refractivity contribution < 1.29 is 24.2 Å². The number of methoxy groups -OCH3 is 1. The normalized spacial score (nSPS) is 41.8. The monoisotopic (exact) mass is 359 g/mol. The molecule has 0 aromatic carbocycles. The van der Waals surface area contributed by atoms with E-state index in [1.165, 1.54) is 0 Å². The lowest BCUT2D eigenvalue weighted by molar-refractivity contribution is -0.140. The lowest BCUT2D eigenvalue weighted by Gasteiger charge is -2.59. The zero-order chi connectivity index (χ0) is 18.6. The Morgan fingerprint density at radius 1 is 1.38 bits per heavy atom. The minimum absolute atomic E-state index is 0.0597. The molecule has 6 heteroatoms. The standard InChI is InChI=1S/C18H21NO3.C2H4O2/c1-19-8-7-18-11-4-5-13(20)17(18)22-16-14(21-2)6-3-10(15(16)18)9-12(11)19;1-2(3)4/h3-6,10-12,15,17H,7-9H2,1-2H3;1H3,(H,3,4)/t10?,11-,12+,15?,17-,18-;/m0./s1.